The molecule has 0 aliphatic rings. The number of benzene rings is 2. The molecule has 3 rings (SSSR count). The highest BCUT2D eigenvalue weighted by atomic mass is 79.9. The lowest BCUT2D eigenvalue weighted by Crippen LogP contribution is -2.03. The third-order valence-electron chi connectivity index (χ3n) is 3.49. The van der Waals surface area contributed by atoms with Crippen molar-refractivity contribution in [1.29, 1.82) is 0 Å². The monoisotopic (exact) mass is 342 g/mol. The molecule has 0 atom stereocenters. The molecular weight excluding hydrogens is 328 g/mol. The Bertz CT molecular complexity index is 802. The highest BCUT2D eigenvalue weighted by Crippen LogP contribution is 2.36. The summed E-state index contributed by atoms with van der Waals surface area (Å²) in [6, 6.07) is 14.1. The Balaban J connectivity index is 2.07. The van der Waals surface area contributed by atoms with E-state index in [2.05, 4.69) is 33.0 Å². The van der Waals surface area contributed by atoms with E-state index < -0.39 is 0 Å². The van der Waals surface area contributed by atoms with E-state index in [0.717, 1.165) is 32.1 Å². The van der Waals surface area contributed by atoms with Gasteiger partial charge >= 0.3 is 0 Å². The van der Waals surface area contributed by atoms with E-state index in [-0.39, 0.29) is 0 Å². The van der Waals surface area contributed by atoms with Crippen molar-refractivity contribution in [3.63, 3.8) is 0 Å². The van der Waals surface area contributed by atoms with E-state index in [9.17, 15) is 0 Å². The molecule has 0 aliphatic heterocycles. The number of halogens is 1. The number of nitrogens with two attached hydrogens (primary N) is 1. The van der Waals surface area contributed by atoms with Gasteiger partial charge in [0.1, 0.15) is 5.75 Å². The van der Waals surface area contributed by atoms with E-state index in [4.69, 9.17) is 10.5 Å². The minimum Gasteiger partial charge on any atom is -0.437 e. The van der Waals surface area contributed by atoms with Crippen LogP contribution in [0.5, 0.6) is 11.6 Å². The summed E-state index contributed by atoms with van der Waals surface area (Å²) < 4.78 is 6.91. The van der Waals surface area contributed by atoms with Gasteiger partial charge in [-0.15, -0.1) is 0 Å². The van der Waals surface area contributed by atoms with Crippen LogP contribution in [-0.4, -0.2) is 4.98 Å². The standard InChI is InChI=1S/C17H15BrN2O/c1-11-8-9-20-17(14(11)10-19)21-15-7-6-12-4-2-3-5-13(12)16(15)18/h2-9H,10,19H2,1H3. The van der Waals surface area contributed by atoms with Crippen LogP contribution in [0.25, 0.3) is 10.8 Å². The second kappa shape index (κ2) is 5.84. The van der Waals surface area contributed by atoms with Crippen LogP contribution >= 0.6 is 15.9 Å². The van der Waals surface area contributed by atoms with Crippen molar-refractivity contribution >= 4 is 26.7 Å². The molecule has 1 aromatic heterocycles. The molecule has 1 heterocycles. The molecule has 0 amide bonds. The normalized spacial score (nSPS) is 10.8. The SMILES string of the molecule is Cc1ccnc(Oc2ccc3ccccc3c2Br)c1CN. The molecule has 3 nitrogen and oxygen atoms in total. The molecule has 21 heavy (non-hydrogen) atoms. The summed E-state index contributed by atoms with van der Waals surface area (Å²) in [4.78, 5) is 4.30. The summed E-state index contributed by atoms with van der Waals surface area (Å²) in [5.74, 6) is 1.30. The lowest BCUT2D eigenvalue weighted by Gasteiger charge is -2.13. The average Bonchev–Trinajstić information content (AvgIpc) is 2.50. The van der Waals surface area contributed by atoms with Crippen LogP contribution in [0.3, 0.4) is 0 Å². The van der Waals surface area contributed by atoms with Gasteiger partial charge in [0.15, 0.2) is 0 Å². The molecule has 0 aliphatic carbocycles. The van der Waals surface area contributed by atoms with Crippen molar-refractivity contribution in [3.05, 3.63) is 64.3 Å². The second-order valence-electron chi connectivity index (χ2n) is 4.82. The molecular formula is C17H15BrN2O. The zero-order chi connectivity index (χ0) is 14.8. The maximum absolute atomic E-state index is 5.98. The third kappa shape index (κ3) is 2.64. The molecule has 0 bridgehead atoms. The molecule has 0 radical (unpaired) electrons. The van der Waals surface area contributed by atoms with Crippen molar-refractivity contribution in [3.8, 4) is 11.6 Å². The number of rotatable bonds is 3. The Kier molecular flexibility index (Phi) is 3.90. The first-order valence-corrected chi connectivity index (χ1v) is 7.49. The fourth-order valence-corrected chi connectivity index (χ4v) is 2.87. The van der Waals surface area contributed by atoms with Crippen molar-refractivity contribution in [2.24, 2.45) is 5.73 Å². The van der Waals surface area contributed by atoms with Gasteiger partial charge in [0, 0.05) is 18.3 Å². The van der Waals surface area contributed by atoms with Crippen molar-refractivity contribution in [1.82, 2.24) is 4.98 Å². The van der Waals surface area contributed by atoms with E-state index in [1.165, 1.54) is 0 Å². The number of fused-ring (bicyclic) bond motifs is 1. The summed E-state index contributed by atoms with van der Waals surface area (Å²) in [6.07, 6.45) is 1.73. The third-order valence-corrected chi connectivity index (χ3v) is 4.31. The summed E-state index contributed by atoms with van der Waals surface area (Å²) in [5.41, 5.74) is 7.81. The largest absolute Gasteiger partial charge is 0.437 e. The summed E-state index contributed by atoms with van der Waals surface area (Å²) >= 11 is 3.62. The van der Waals surface area contributed by atoms with Gasteiger partial charge in [-0.1, -0.05) is 30.3 Å². The zero-order valence-corrected chi connectivity index (χ0v) is 13.2. The van der Waals surface area contributed by atoms with Crippen molar-refractivity contribution in [2.45, 2.75) is 13.5 Å². The second-order valence-corrected chi connectivity index (χ2v) is 5.61. The minimum absolute atomic E-state index is 0.403. The van der Waals surface area contributed by atoms with Crippen LogP contribution in [0.15, 0.2) is 53.1 Å². The predicted molar refractivity (Wildman–Crippen MR) is 88.6 cm³/mol. The minimum atomic E-state index is 0.403. The Morgan fingerprint density at radius 3 is 2.76 bits per heavy atom. The van der Waals surface area contributed by atoms with E-state index in [0.29, 0.717) is 12.4 Å². The first kappa shape index (κ1) is 14.0. The number of hydrogen-bond acceptors (Lipinski definition) is 3. The van der Waals surface area contributed by atoms with Gasteiger partial charge in [0.05, 0.1) is 4.47 Å². The quantitative estimate of drug-likeness (QED) is 0.759. The molecule has 0 fully saturated rings. The number of aryl methyl sites for hydroxylation is 1. The first-order chi connectivity index (χ1) is 10.2. The van der Waals surface area contributed by atoms with Gasteiger partial charge < -0.3 is 10.5 Å². The molecule has 2 N–H and O–H groups in total. The van der Waals surface area contributed by atoms with E-state index in [1.807, 2.05) is 37.3 Å². The Morgan fingerprint density at radius 2 is 1.95 bits per heavy atom. The van der Waals surface area contributed by atoms with Gasteiger partial charge in [-0.25, -0.2) is 4.98 Å². The van der Waals surface area contributed by atoms with Gasteiger partial charge in [-0.05, 0) is 51.3 Å². The van der Waals surface area contributed by atoms with Gasteiger partial charge in [0.2, 0.25) is 5.88 Å². The summed E-state index contributed by atoms with van der Waals surface area (Å²) in [6.45, 7) is 2.41. The van der Waals surface area contributed by atoms with Gasteiger partial charge in [0.25, 0.3) is 0 Å². The lowest BCUT2D eigenvalue weighted by atomic mass is 10.1. The highest BCUT2D eigenvalue weighted by molar-refractivity contribution is 9.10. The molecule has 3 aromatic rings. The van der Waals surface area contributed by atoms with Crippen LogP contribution in [-0.2, 0) is 6.54 Å². The smallest absolute Gasteiger partial charge is 0.224 e. The van der Waals surface area contributed by atoms with Crippen LogP contribution in [0.2, 0.25) is 0 Å². The average molecular weight is 343 g/mol. The fraction of sp³-hybridized carbons (Fsp3) is 0.118. The lowest BCUT2D eigenvalue weighted by molar-refractivity contribution is 0.454. The molecule has 0 saturated heterocycles. The first-order valence-electron chi connectivity index (χ1n) is 6.70. The van der Waals surface area contributed by atoms with Crippen LogP contribution in [0, 0.1) is 6.92 Å². The summed E-state index contributed by atoms with van der Waals surface area (Å²) in [5, 5.41) is 2.27. The Labute approximate surface area is 131 Å². The number of nitrogens with zero attached hydrogens (tertiary/aromatic N) is 1. The number of hydrogen-bond donors (Lipinski definition) is 1. The highest BCUT2D eigenvalue weighted by Gasteiger charge is 2.11. The number of ether oxygens (including phenoxy) is 1. The van der Waals surface area contributed by atoms with E-state index in [1.54, 1.807) is 6.20 Å². The van der Waals surface area contributed by atoms with Crippen molar-refractivity contribution in [2.75, 3.05) is 0 Å². The van der Waals surface area contributed by atoms with Crippen molar-refractivity contribution < 1.29 is 4.74 Å². The van der Waals surface area contributed by atoms with Crippen LogP contribution < -0.4 is 10.5 Å². The molecule has 0 unspecified atom stereocenters. The molecule has 0 spiro atoms. The molecule has 4 heteroatoms. The summed E-state index contributed by atoms with van der Waals surface area (Å²) in [7, 11) is 0. The van der Waals surface area contributed by atoms with E-state index >= 15 is 0 Å². The zero-order valence-electron chi connectivity index (χ0n) is 11.6. The predicted octanol–water partition coefficient (Wildman–Crippen LogP) is 4.56. The maximum atomic E-state index is 5.98. The molecule has 0 saturated carbocycles. The van der Waals surface area contributed by atoms with Gasteiger partial charge in [-0.2, -0.15) is 0 Å². The van der Waals surface area contributed by atoms with Crippen LogP contribution in [0.4, 0.5) is 0 Å². The Hall–Kier alpha value is -1.91. The topological polar surface area (TPSA) is 48.1 Å². The molecule has 2 aromatic carbocycles. The Morgan fingerprint density at radius 1 is 1.14 bits per heavy atom. The maximum Gasteiger partial charge on any atom is 0.224 e. The molecule has 106 valence electrons. The van der Waals surface area contributed by atoms with Crippen LogP contribution in [0.1, 0.15) is 11.1 Å². The fourth-order valence-electron chi connectivity index (χ4n) is 2.30. The van der Waals surface area contributed by atoms with Gasteiger partial charge in [-0.3, -0.25) is 0 Å². The number of aromatic nitrogens is 1. The number of pyridine rings is 1.